The Morgan fingerprint density at radius 3 is 2.94 bits per heavy atom. The Labute approximate surface area is 101 Å². The molecule has 0 amide bonds. The molecule has 0 spiro atoms. The third-order valence-electron chi connectivity index (χ3n) is 3.37. The van der Waals surface area contributed by atoms with Crippen LogP contribution in [0.2, 0.25) is 0 Å². The number of rotatable bonds is 3. The van der Waals surface area contributed by atoms with Crippen LogP contribution in [0.1, 0.15) is 11.1 Å². The number of nitrogens with two attached hydrogens (primary N) is 1. The van der Waals surface area contributed by atoms with Gasteiger partial charge < -0.3 is 15.0 Å². The van der Waals surface area contributed by atoms with E-state index in [9.17, 15) is 0 Å². The average Bonchev–Trinajstić information content (AvgIpc) is 2.89. The fraction of sp³-hybridized carbons (Fsp3) is 0.286. The van der Waals surface area contributed by atoms with Crippen LogP contribution in [0.5, 0.6) is 5.75 Å². The number of hydrogen-bond donors (Lipinski definition) is 1. The first-order valence-corrected chi connectivity index (χ1v) is 5.89. The predicted molar refractivity (Wildman–Crippen MR) is 68.3 cm³/mol. The summed E-state index contributed by atoms with van der Waals surface area (Å²) in [5.74, 6) is 0.914. The molecule has 1 aliphatic rings. The second-order valence-electron chi connectivity index (χ2n) is 4.37. The van der Waals surface area contributed by atoms with E-state index in [-0.39, 0.29) is 0 Å². The van der Waals surface area contributed by atoms with Gasteiger partial charge in [-0.2, -0.15) is 0 Å². The Balaban J connectivity index is 2.13. The number of nitrogens with zero attached hydrogens (tertiary/aromatic N) is 1. The maximum Gasteiger partial charge on any atom is 0.119 e. The van der Waals surface area contributed by atoms with E-state index in [1.165, 1.54) is 22.4 Å². The van der Waals surface area contributed by atoms with Crippen molar-refractivity contribution in [1.82, 2.24) is 4.57 Å². The fourth-order valence-electron chi connectivity index (χ4n) is 2.58. The zero-order chi connectivity index (χ0) is 11.8. The molecule has 17 heavy (non-hydrogen) atoms. The average molecular weight is 228 g/mol. The molecule has 88 valence electrons. The van der Waals surface area contributed by atoms with Gasteiger partial charge in [0.2, 0.25) is 0 Å². The minimum absolute atomic E-state index is 0.667. The van der Waals surface area contributed by atoms with Crippen LogP contribution in [0.3, 0.4) is 0 Å². The molecule has 0 saturated carbocycles. The first-order valence-electron chi connectivity index (χ1n) is 5.89. The smallest absolute Gasteiger partial charge is 0.119 e. The molecule has 0 radical (unpaired) electrons. The van der Waals surface area contributed by atoms with Crippen LogP contribution in [0.15, 0.2) is 30.5 Å². The minimum atomic E-state index is 0.667. The van der Waals surface area contributed by atoms with Crippen LogP contribution in [-0.4, -0.2) is 18.2 Å². The third-order valence-corrected chi connectivity index (χ3v) is 3.37. The normalized spacial score (nSPS) is 12.4. The van der Waals surface area contributed by atoms with E-state index in [4.69, 9.17) is 10.5 Å². The number of methoxy groups -OCH3 is 1. The molecule has 2 aromatic rings. The van der Waals surface area contributed by atoms with Gasteiger partial charge in [-0.15, -0.1) is 0 Å². The van der Waals surface area contributed by atoms with Crippen LogP contribution < -0.4 is 10.5 Å². The Bertz CT molecular complexity index is 557. The molecule has 1 aliphatic carbocycles. The lowest BCUT2D eigenvalue weighted by Gasteiger charge is -2.09. The second kappa shape index (κ2) is 3.93. The third kappa shape index (κ3) is 1.54. The van der Waals surface area contributed by atoms with Gasteiger partial charge >= 0.3 is 0 Å². The molecule has 0 fully saturated rings. The van der Waals surface area contributed by atoms with E-state index in [2.05, 4.69) is 29.0 Å². The molecule has 0 bridgehead atoms. The van der Waals surface area contributed by atoms with Crippen molar-refractivity contribution in [3.63, 3.8) is 0 Å². The topological polar surface area (TPSA) is 40.2 Å². The Kier molecular flexibility index (Phi) is 2.41. The highest BCUT2D eigenvalue weighted by atomic mass is 16.5. The Hall–Kier alpha value is -1.74. The number of ether oxygens (including phenoxy) is 1. The molecule has 1 heterocycles. The van der Waals surface area contributed by atoms with Gasteiger partial charge in [-0.3, -0.25) is 0 Å². The zero-order valence-corrected chi connectivity index (χ0v) is 9.94. The zero-order valence-electron chi connectivity index (χ0n) is 9.94. The van der Waals surface area contributed by atoms with Crippen LogP contribution in [0, 0.1) is 0 Å². The van der Waals surface area contributed by atoms with Crippen molar-refractivity contribution < 1.29 is 4.74 Å². The van der Waals surface area contributed by atoms with Gasteiger partial charge in [0.05, 0.1) is 12.8 Å². The lowest BCUT2D eigenvalue weighted by atomic mass is 10.1. The second-order valence-corrected chi connectivity index (χ2v) is 4.37. The standard InChI is InChI=1S/C14H16N2O/c1-17-12-3-2-10-8-11-4-6-16(7-5-15)14(11)13(10)9-12/h2-4,6,9H,5,7-8,15H2,1H3. The predicted octanol–water partition coefficient (Wildman–Crippen LogP) is 2.03. The Morgan fingerprint density at radius 1 is 1.29 bits per heavy atom. The van der Waals surface area contributed by atoms with Crippen molar-refractivity contribution in [3.8, 4) is 17.0 Å². The molecule has 3 heteroatoms. The van der Waals surface area contributed by atoms with E-state index in [0.29, 0.717) is 6.54 Å². The monoisotopic (exact) mass is 228 g/mol. The van der Waals surface area contributed by atoms with E-state index in [1.54, 1.807) is 7.11 Å². The lowest BCUT2D eigenvalue weighted by molar-refractivity contribution is 0.415. The van der Waals surface area contributed by atoms with Crippen molar-refractivity contribution in [2.75, 3.05) is 13.7 Å². The SMILES string of the molecule is COc1ccc2c(c1)-c1c(ccn1CCN)C2. The molecule has 0 aliphatic heterocycles. The highest BCUT2D eigenvalue weighted by Gasteiger charge is 2.22. The molecule has 3 nitrogen and oxygen atoms in total. The van der Waals surface area contributed by atoms with E-state index in [1.807, 2.05) is 6.07 Å². The molecule has 3 rings (SSSR count). The quantitative estimate of drug-likeness (QED) is 0.745. The fourth-order valence-corrected chi connectivity index (χ4v) is 2.58. The molecule has 1 aromatic carbocycles. The van der Waals surface area contributed by atoms with Crippen molar-refractivity contribution in [2.24, 2.45) is 5.73 Å². The molecule has 0 atom stereocenters. The van der Waals surface area contributed by atoms with Crippen LogP contribution in [0.25, 0.3) is 11.3 Å². The van der Waals surface area contributed by atoms with Gasteiger partial charge in [0.25, 0.3) is 0 Å². The number of fused-ring (bicyclic) bond motifs is 3. The highest BCUT2D eigenvalue weighted by Crippen LogP contribution is 2.39. The summed E-state index contributed by atoms with van der Waals surface area (Å²) < 4.78 is 7.53. The summed E-state index contributed by atoms with van der Waals surface area (Å²) >= 11 is 0. The molecule has 0 saturated heterocycles. The van der Waals surface area contributed by atoms with E-state index < -0.39 is 0 Å². The molecule has 0 unspecified atom stereocenters. The summed E-state index contributed by atoms with van der Waals surface area (Å²) in [6.07, 6.45) is 3.15. The van der Waals surface area contributed by atoms with Crippen molar-refractivity contribution in [3.05, 3.63) is 41.6 Å². The van der Waals surface area contributed by atoms with Crippen LogP contribution >= 0.6 is 0 Å². The van der Waals surface area contributed by atoms with E-state index in [0.717, 1.165) is 18.7 Å². The van der Waals surface area contributed by atoms with E-state index >= 15 is 0 Å². The van der Waals surface area contributed by atoms with Gasteiger partial charge in [-0.1, -0.05) is 6.07 Å². The molecular weight excluding hydrogens is 212 g/mol. The van der Waals surface area contributed by atoms with Crippen molar-refractivity contribution >= 4 is 0 Å². The lowest BCUT2D eigenvalue weighted by Crippen LogP contribution is -2.09. The summed E-state index contributed by atoms with van der Waals surface area (Å²) in [4.78, 5) is 0. The van der Waals surface area contributed by atoms with Crippen molar-refractivity contribution in [2.45, 2.75) is 13.0 Å². The number of hydrogen-bond acceptors (Lipinski definition) is 2. The number of aromatic nitrogens is 1. The summed E-state index contributed by atoms with van der Waals surface area (Å²) in [6.45, 7) is 1.53. The molecular formula is C14H16N2O. The van der Waals surface area contributed by atoms with Gasteiger partial charge in [-0.25, -0.2) is 0 Å². The minimum Gasteiger partial charge on any atom is -0.497 e. The molecule has 2 N–H and O–H groups in total. The van der Waals surface area contributed by atoms with Crippen LogP contribution in [-0.2, 0) is 13.0 Å². The highest BCUT2D eigenvalue weighted by molar-refractivity contribution is 5.75. The summed E-state index contributed by atoms with van der Waals surface area (Å²) in [5.41, 5.74) is 11.0. The van der Waals surface area contributed by atoms with Gasteiger partial charge in [0.15, 0.2) is 0 Å². The van der Waals surface area contributed by atoms with Crippen LogP contribution in [0.4, 0.5) is 0 Å². The van der Waals surface area contributed by atoms with Crippen molar-refractivity contribution in [1.29, 1.82) is 0 Å². The van der Waals surface area contributed by atoms with Gasteiger partial charge in [0, 0.05) is 31.3 Å². The summed E-state index contributed by atoms with van der Waals surface area (Å²) in [5, 5.41) is 0. The molecule has 1 aromatic heterocycles. The first kappa shape index (κ1) is 10.4. The number of benzene rings is 1. The van der Waals surface area contributed by atoms with Gasteiger partial charge in [0.1, 0.15) is 5.75 Å². The summed E-state index contributed by atoms with van der Waals surface area (Å²) in [7, 11) is 1.70. The first-order chi connectivity index (χ1) is 8.33. The largest absolute Gasteiger partial charge is 0.497 e. The maximum atomic E-state index is 5.64. The van der Waals surface area contributed by atoms with Gasteiger partial charge in [-0.05, 0) is 29.3 Å². The summed E-state index contributed by atoms with van der Waals surface area (Å²) in [6, 6.07) is 8.49. The maximum absolute atomic E-state index is 5.64. The Morgan fingerprint density at radius 2 is 2.18 bits per heavy atom.